The molecule has 4 nitrogen and oxygen atoms in total. The Balaban J connectivity index is 2.88. The number of likely N-dealkylation sites (N-methyl/N-ethyl adjacent to an activating group) is 1. The lowest BCUT2D eigenvalue weighted by Crippen LogP contribution is -2.49. The van der Waals surface area contributed by atoms with Gasteiger partial charge in [-0.05, 0) is 25.5 Å². The van der Waals surface area contributed by atoms with Crippen molar-refractivity contribution in [2.75, 3.05) is 13.6 Å². The van der Waals surface area contributed by atoms with Crippen LogP contribution >= 0.6 is 0 Å². The van der Waals surface area contributed by atoms with Crippen LogP contribution in [0.15, 0.2) is 30.3 Å². The number of amides is 1. The highest BCUT2D eigenvalue weighted by atomic mass is 16.2. The standard InChI is InChI=1S/C16H24N2O2/c1-12(2)15(17-4)16(20)18(10-13(3)19)11-14-8-6-5-7-9-14/h5-9,12,15,17H,10-11H2,1-4H3. The molecule has 0 saturated carbocycles. The molecular formula is C16H24N2O2. The van der Waals surface area contributed by atoms with Crippen molar-refractivity contribution >= 4 is 11.7 Å². The van der Waals surface area contributed by atoms with Crippen LogP contribution in [-0.4, -0.2) is 36.2 Å². The number of carbonyl (C=O) groups is 2. The Morgan fingerprint density at radius 2 is 1.80 bits per heavy atom. The van der Waals surface area contributed by atoms with E-state index in [4.69, 9.17) is 0 Å². The minimum Gasteiger partial charge on any atom is -0.330 e. The Hall–Kier alpha value is -1.68. The van der Waals surface area contributed by atoms with E-state index < -0.39 is 0 Å². The molecule has 0 aliphatic heterocycles. The zero-order valence-electron chi connectivity index (χ0n) is 12.7. The molecule has 0 aliphatic rings. The maximum absolute atomic E-state index is 12.6. The summed E-state index contributed by atoms with van der Waals surface area (Å²) in [7, 11) is 1.77. The molecule has 20 heavy (non-hydrogen) atoms. The maximum atomic E-state index is 12.6. The van der Waals surface area contributed by atoms with Gasteiger partial charge in [-0.2, -0.15) is 0 Å². The molecule has 0 fully saturated rings. The average Bonchev–Trinajstić information content (AvgIpc) is 2.39. The summed E-state index contributed by atoms with van der Waals surface area (Å²) < 4.78 is 0. The van der Waals surface area contributed by atoms with Crippen LogP contribution in [0.25, 0.3) is 0 Å². The number of nitrogens with zero attached hydrogens (tertiary/aromatic N) is 1. The van der Waals surface area contributed by atoms with Crippen molar-refractivity contribution in [2.45, 2.75) is 33.4 Å². The zero-order valence-corrected chi connectivity index (χ0v) is 12.7. The SMILES string of the molecule is CNC(C(=O)N(CC(C)=O)Cc1ccccc1)C(C)C. The molecule has 1 amide bonds. The lowest BCUT2D eigenvalue weighted by Gasteiger charge is -2.28. The zero-order chi connectivity index (χ0) is 15.1. The van der Waals surface area contributed by atoms with Crippen molar-refractivity contribution in [3.63, 3.8) is 0 Å². The fraction of sp³-hybridized carbons (Fsp3) is 0.500. The van der Waals surface area contributed by atoms with E-state index in [9.17, 15) is 9.59 Å². The molecule has 110 valence electrons. The van der Waals surface area contributed by atoms with Gasteiger partial charge in [0.15, 0.2) is 0 Å². The van der Waals surface area contributed by atoms with E-state index in [1.807, 2.05) is 44.2 Å². The Morgan fingerprint density at radius 3 is 2.25 bits per heavy atom. The first kappa shape index (κ1) is 16.4. The third-order valence-corrected chi connectivity index (χ3v) is 3.19. The van der Waals surface area contributed by atoms with E-state index >= 15 is 0 Å². The number of benzene rings is 1. The first-order chi connectivity index (χ1) is 9.45. The molecule has 1 aromatic carbocycles. The van der Waals surface area contributed by atoms with Crippen LogP contribution in [0.4, 0.5) is 0 Å². The number of Topliss-reactive ketones (excluding diaryl/α,β-unsaturated/α-hetero) is 1. The Morgan fingerprint density at radius 1 is 1.20 bits per heavy atom. The summed E-state index contributed by atoms with van der Waals surface area (Å²) in [6.07, 6.45) is 0. The van der Waals surface area contributed by atoms with Gasteiger partial charge in [0.2, 0.25) is 5.91 Å². The highest BCUT2D eigenvalue weighted by molar-refractivity contribution is 5.87. The summed E-state index contributed by atoms with van der Waals surface area (Å²) >= 11 is 0. The number of carbonyl (C=O) groups excluding carboxylic acids is 2. The van der Waals surface area contributed by atoms with Gasteiger partial charge >= 0.3 is 0 Å². The van der Waals surface area contributed by atoms with Gasteiger partial charge in [0.25, 0.3) is 0 Å². The van der Waals surface area contributed by atoms with E-state index in [1.165, 1.54) is 6.92 Å². The highest BCUT2D eigenvalue weighted by Gasteiger charge is 2.26. The molecule has 0 radical (unpaired) electrons. The first-order valence-corrected chi connectivity index (χ1v) is 6.95. The van der Waals surface area contributed by atoms with Crippen molar-refractivity contribution in [3.05, 3.63) is 35.9 Å². The van der Waals surface area contributed by atoms with Crippen LogP contribution in [-0.2, 0) is 16.1 Å². The molecule has 0 bridgehead atoms. The van der Waals surface area contributed by atoms with Gasteiger partial charge in [-0.1, -0.05) is 44.2 Å². The molecule has 1 N–H and O–H groups in total. The summed E-state index contributed by atoms with van der Waals surface area (Å²) in [6.45, 7) is 6.11. The third kappa shape index (κ3) is 4.78. The van der Waals surface area contributed by atoms with Crippen LogP contribution in [0.3, 0.4) is 0 Å². The molecule has 0 heterocycles. The van der Waals surface area contributed by atoms with Gasteiger partial charge in [0, 0.05) is 6.54 Å². The minimum atomic E-state index is -0.266. The van der Waals surface area contributed by atoms with E-state index in [2.05, 4.69) is 5.32 Å². The smallest absolute Gasteiger partial charge is 0.240 e. The largest absolute Gasteiger partial charge is 0.330 e. The Kier molecular flexibility index (Phi) is 6.39. The quantitative estimate of drug-likeness (QED) is 0.827. The van der Waals surface area contributed by atoms with Crippen molar-refractivity contribution in [1.29, 1.82) is 0 Å². The first-order valence-electron chi connectivity index (χ1n) is 6.95. The molecular weight excluding hydrogens is 252 g/mol. The molecule has 0 aliphatic carbocycles. The Bertz CT molecular complexity index is 443. The summed E-state index contributed by atoms with van der Waals surface area (Å²) in [4.78, 5) is 25.6. The van der Waals surface area contributed by atoms with E-state index in [-0.39, 0.29) is 30.2 Å². The summed E-state index contributed by atoms with van der Waals surface area (Å²) in [5.74, 6) is 0.146. The fourth-order valence-corrected chi connectivity index (χ4v) is 2.22. The number of nitrogens with one attached hydrogen (secondary N) is 1. The maximum Gasteiger partial charge on any atom is 0.240 e. The molecule has 4 heteroatoms. The number of rotatable bonds is 7. The molecule has 1 unspecified atom stereocenters. The minimum absolute atomic E-state index is 0.00658. The predicted molar refractivity (Wildman–Crippen MR) is 80.2 cm³/mol. The van der Waals surface area contributed by atoms with Crippen LogP contribution in [0.1, 0.15) is 26.3 Å². The lowest BCUT2D eigenvalue weighted by molar-refractivity contribution is -0.138. The lowest BCUT2D eigenvalue weighted by atomic mass is 10.0. The number of hydrogen-bond acceptors (Lipinski definition) is 3. The van der Waals surface area contributed by atoms with Crippen molar-refractivity contribution in [3.8, 4) is 0 Å². The molecule has 1 atom stereocenters. The second kappa shape index (κ2) is 7.80. The van der Waals surface area contributed by atoms with Gasteiger partial charge in [0.05, 0.1) is 12.6 Å². The van der Waals surface area contributed by atoms with Gasteiger partial charge < -0.3 is 10.2 Å². The molecule has 1 aromatic rings. The monoisotopic (exact) mass is 276 g/mol. The van der Waals surface area contributed by atoms with Gasteiger partial charge in [-0.15, -0.1) is 0 Å². The van der Waals surface area contributed by atoms with Crippen molar-refractivity contribution in [1.82, 2.24) is 10.2 Å². The average molecular weight is 276 g/mol. The fourth-order valence-electron chi connectivity index (χ4n) is 2.22. The normalized spacial score (nSPS) is 12.2. The molecule has 0 aromatic heterocycles. The van der Waals surface area contributed by atoms with Crippen molar-refractivity contribution < 1.29 is 9.59 Å². The third-order valence-electron chi connectivity index (χ3n) is 3.19. The predicted octanol–water partition coefficient (Wildman–Crippen LogP) is 1.85. The molecule has 0 spiro atoms. The van der Waals surface area contributed by atoms with E-state index in [1.54, 1.807) is 11.9 Å². The van der Waals surface area contributed by atoms with Crippen LogP contribution < -0.4 is 5.32 Å². The van der Waals surface area contributed by atoms with Gasteiger partial charge in [0.1, 0.15) is 5.78 Å². The van der Waals surface area contributed by atoms with E-state index in [0.29, 0.717) is 6.54 Å². The summed E-state index contributed by atoms with van der Waals surface area (Å²) in [6, 6.07) is 9.46. The van der Waals surface area contributed by atoms with E-state index in [0.717, 1.165) is 5.56 Å². The van der Waals surface area contributed by atoms with Crippen molar-refractivity contribution in [2.24, 2.45) is 5.92 Å². The Labute approximate surface area is 121 Å². The number of ketones is 1. The van der Waals surface area contributed by atoms with Crippen LogP contribution in [0.2, 0.25) is 0 Å². The number of hydrogen-bond donors (Lipinski definition) is 1. The summed E-state index contributed by atoms with van der Waals surface area (Å²) in [5.41, 5.74) is 1.03. The second-order valence-corrected chi connectivity index (χ2v) is 5.39. The molecule has 0 saturated heterocycles. The van der Waals surface area contributed by atoms with Gasteiger partial charge in [-0.25, -0.2) is 0 Å². The molecule has 1 rings (SSSR count). The highest BCUT2D eigenvalue weighted by Crippen LogP contribution is 2.10. The summed E-state index contributed by atoms with van der Waals surface area (Å²) in [5, 5.41) is 3.04. The topological polar surface area (TPSA) is 49.4 Å². The second-order valence-electron chi connectivity index (χ2n) is 5.39. The van der Waals surface area contributed by atoms with Crippen LogP contribution in [0, 0.1) is 5.92 Å². The van der Waals surface area contributed by atoms with Crippen LogP contribution in [0.5, 0.6) is 0 Å². The van der Waals surface area contributed by atoms with Gasteiger partial charge in [-0.3, -0.25) is 9.59 Å².